The molecule has 118 heavy (non-hydrogen) atoms. The van der Waals surface area contributed by atoms with E-state index in [1.165, 1.54) is 18.3 Å². The van der Waals surface area contributed by atoms with Crippen molar-refractivity contribution in [2.24, 2.45) is 0 Å². The van der Waals surface area contributed by atoms with Crippen molar-refractivity contribution < 1.29 is 47.1 Å². The maximum Gasteiger partial charge on any atom is 0.226 e. The van der Waals surface area contributed by atoms with E-state index in [9.17, 15) is 47.1 Å². The van der Waals surface area contributed by atoms with Crippen LogP contribution in [0.4, 0.5) is 54.3 Å². The highest BCUT2D eigenvalue weighted by molar-refractivity contribution is 6.29. The van der Waals surface area contributed by atoms with Crippen molar-refractivity contribution in [1.29, 1.82) is 0 Å². The third kappa shape index (κ3) is 26.3. The quantitative estimate of drug-likeness (QED) is 0.0512. The van der Waals surface area contributed by atoms with Gasteiger partial charge < -0.3 is 58.8 Å². The molecule has 8 amide bonds. The number of hydrogen-bond acceptors (Lipinski definition) is 16. The van der Waals surface area contributed by atoms with Gasteiger partial charge in [-0.05, 0) is 190 Å². The van der Waals surface area contributed by atoms with Crippen LogP contribution in [0.25, 0.3) is 0 Å². The second kappa shape index (κ2) is 44.8. The van der Waals surface area contributed by atoms with Gasteiger partial charge in [-0.3, -0.25) is 43.3 Å². The normalized spacial score (nSPS) is 14.0. The Labute approximate surface area is 699 Å². The number of pyridine rings is 4. The lowest BCUT2D eigenvalue weighted by molar-refractivity contribution is -0.132. The second-order valence-corrected chi connectivity index (χ2v) is 30.2. The summed E-state index contributed by atoms with van der Waals surface area (Å²) in [4.78, 5) is 137. The molecule has 24 nitrogen and oxygen atoms in total. The van der Waals surface area contributed by atoms with E-state index < -0.39 is 11.9 Å². The molecule has 4 aliphatic rings. The van der Waals surface area contributed by atoms with Gasteiger partial charge >= 0.3 is 0 Å². The second-order valence-electron chi connectivity index (χ2n) is 29.8. The molecule has 4 saturated heterocycles. The van der Waals surface area contributed by atoms with Gasteiger partial charge in [0.1, 0.15) is 5.15 Å². The number of benzene rings is 4. The summed E-state index contributed by atoms with van der Waals surface area (Å²) in [6.45, 7) is 25.1. The van der Waals surface area contributed by atoms with Crippen LogP contribution in [-0.2, 0) is 64.0 Å². The molecule has 0 atom stereocenters. The minimum Gasteiger partial charge on any atom is -0.368 e. The molecule has 0 aliphatic carbocycles. The number of aryl methyl sites for hydroxylation is 7. The van der Waals surface area contributed by atoms with Crippen LogP contribution in [0.1, 0.15) is 118 Å². The van der Waals surface area contributed by atoms with Crippen molar-refractivity contribution in [1.82, 2.24) is 39.5 Å². The number of rotatable bonds is 24. The average molecular weight is 1630 g/mol. The Morgan fingerprint density at radius 2 is 0.602 bits per heavy atom. The number of aromatic nitrogens is 4. The predicted molar refractivity (Wildman–Crippen MR) is 465 cm³/mol. The summed E-state index contributed by atoms with van der Waals surface area (Å²) in [5, 5.41) is 0.466. The Kier molecular flexibility index (Phi) is 34.4. The first-order valence-electron chi connectivity index (χ1n) is 41.1. The molecule has 8 heterocycles. The van der Waals surface area contributed by atoms with Gasteiger partial charge in [-0.1, -0.05) is 63.6 Å². The zero-order valence-electron chi connectivity index (χ0n) is 70.4. The van der Waals surface area contributed by atoms with Crippen LogP contribution in [0.5, 0.6) is 0 Å². The predicted octanol–water partition coefficient (Wildman–Crippen LogP) is 12.8. The molecule has 0 saturated carbocycles. The minimum atomic E-state index is -0.507. The molecule has 628 valence electrons. The van der Waals surface area contributed by atoms with E-state index in [-0.39, 0.29) is 47.3 Å². The molecule has 0 N–H and O–H groups in total. The van der Waals surface area contributed by atoms with E-state index in [4.69, 9.17) is 11.6 Å². The Bertz CT molecular complexity index is 4320. The lowest BCUT2D eigenvalue weighted by Gasteiger charge is -2.36. The summed E-state index contributed by atoms with van der Waals surface area (Å²) >= 11 is 5.80. The first-order valence-corrected chi connectivity index (χ1v) is 41.4. The van der Waals surface area contributed by atoms with Crippen LogP contribution in [0.15, 0.2) is 158 Å². The van der Waals surface area contributed by atoms with Gasteiger partial charge in [0.05, 0.1) is 0 Å². The summed E-state index contributed by atoms with van der Waals surface area (Å²) < 4.78 is 26.0. The monoisotopic (exact) mass is 1630 g/mol. The Morgan fingerprint density at radius 3 is 0.864 bits per heavy atom. The first kappa shape index (κ1) is 90.5. The smallest absolute Gasteiger partial charge is 0.226 e. The highest BCUT2D eigenvalue weighted by Gasteiger charge is 2.27. The largest absolute Gasteiger partial charge is 0.368 e. The molecule has 4 aliphatic heterocycles. The molecule has 0 bridgehead atoms. The number of nitrogens with zero attached hydrogens (tertiary/aromatic N) is 16. The Morgan fingerprint density at radius 1 is 0.331 bits per heavy atom. The molecule has 4 aromatic carbocycles. The summed E-state index contributed by atoms with van der Waals surface area (Å²) in [5.74, 6) is -0.00603. The molecule has 0 unspecified atom stereocenters. The van der Waals surface area contributed by atoms with Crippen LogP contribution in [0.3, 0.4) is 0 Å². The van der Waals surface area contributed by atoms with Crippen LogP contribution >= 0.6 is 11.6 Å². The van der Waals surface area contributed by atoms with E-state index >= 15 is 0 Å². The van der Waals surface area contributed by atoms with Crippen LogP contribution in [0, 0.1) is 32.7 Å². The standard InChI is InChI=1S/C24H32N4O2.C23H29FN4O2.C22H27ClN4O2.C22H27FN4O2/c1-5-23(29)26(4)21-9-11-22(12-10-21)27-14-16-28(17-15-27)24(30)13-8-20-7-6-18(2)25-19(20)3;1-4-22(29)26(3)19-7-9-20(10-8-19)27-13-15-28(16-14-27)23(30)12-6-18-5-11-21(24)25-17(18)2;2*1-3-21(28)25(2)18-6-8-19(9-7-18)26-12-14-27(15-13-26)22(29)11-5-17-4-10-20(23)24-16-17/h6-7,9-12H,5,8,13-17H2,1-4H3;5,7-11H,4,6,12-16H2,1-3H3;2*4,6-10,16H,3,5,11-15H2,1-2H3. The third-order valence-corrected chi connectivity index (χ3v) is 22.4. The summed E-state index contributed by atoms with van der Waals surface area (Å²) in [6.07, 6.45) is 9.51. The highest BCUT2D eigenvalue weighted by atomic mass is 35.5. The number of hydrogen-bond donors (Lipinski definition) is 0. The number of halogens is 3. The van der Waals surface area contributed by atoms with Crippen molar-refractivity contribution >= 4 is 104 Å². The maximum atomic E-state index is 13.1. The average Bonchev–Trinajstić information content (AvgIpc) is 0.851. The van der Waals surface area contributed by atoms with E-state index in [1.807, 2.05) is 158 Å². The molecule has 0 radical (unpaired) electrons. The summed E-state index contributed by atoms with van der Waals surface area (Å²) in [5.41, 5.74) is 14.6. The van der Waals surface area contributed by atoms with E-state index in [0.717, 1.165) is 151 Å². The number of carbonyl (C=O) groups excluding carboxylic acids is 8. The molecule has 12 rings (SSSR count). The van der Waals surface area contributed by atoms with Gasteiger partial charge in [-0.25, -0.2) is 15.0 Å². The lowest BCUT2D eigenvalue weighted by Crippen LogP contribution is -2.48. The number of piperazine rings is 4. The highest BCUT2D eigenvalue weighted by Crippen LogP contribution is 2.28. The van der Waals surface area contributed by atoms with Gasteiger partial charge in [-0.2, -0.15) is 8.78 Å². The fourth-order valence-corrected chi connectivity index (χ4v) is 14.6. The number of carbonyl (C=O) groups is 8. The fraction of sp³-hybridized carbons (Fsp3) is 0.429. The van der Waals surface area contributed by atoms with Crippen molar-refractivity contribution in [3.63, 3.8) is 0 Å². The zero-order chi connectivity index (χ0) is 85.0. The van der Waals surface area contributed by atoms with Crippen molar-refractivity contribution in [3.8, 4) is 0 Å². The van der Waals surface area contributed by atoms with Gasteiger partial charge in [0.2, 0.25) is 59.2 Å². The maximum absolute atomic E-state index is 13.1. The zero-order valence-corrected chi connectivity index (χ0v) is 71.1. The van der Waals surface area contributed by atoms with E-state index in [1.54, 1.807) is 79.1 Å². The van der Waals surface area contributed by atoms with E-state index in [0.29, 0.717) is 121 Å². The summed E-state index contributed by atoms with van der Waals surface area (Å²) in [7, 11) is 7.17. The van der Waals surface area contributed by atoms with Crippen LogP contribution < -0.4 is 39.2 Å². The third-order valence-electron chi connectivity index (χ3n) is 22.2. The van der Waals surface area contributed by atoms with Gasteiger partial charge in [0.15, 0.2) is 0 Å². The molecular weight excluding hydrogens is 1520 g/mol. The molecule has 8 aromatic rings. The van der Waals surface area contributed by atoms with Gasteiger partial charge in [0, 0.05) is 259 Å². The number of anilines is 8. The molecule has 27 heteroatoms. The van der Waals surface area contributed by atoms with Gasteiger partial charge in [-0.15, -0.1) is 0 Å². The Balaban J connectivity index is 0.000000179. The SMILES string of the molecule is CCC(=O)N(C)c1ccc(N2CCN(C(=O)CCc3ccc(C)nc3C)CC2)cc1.CCC(=O)N(C)c1ccc(N2CCN(C(=O)CCc3ccc(Cl)nc3)CC2)cc1.CCC(=O)N(C)c1ccc(N2CCN(C(=O)CCc3ccc(F)nc3)CC2)cc1.CCC(=O)N(C)c1ccc(N2CCN(C(=O)CCc3ccc(F)nc3C)CC2)cc1. The topological polar surface area (TPSA) is 227 Å². The van der Waals surface area contributed by atoms with Crippen molar-refractivity contribution in [2.75, 3.05) is 172 Å². The minimum absolute atomic E-state index is 0.0845. The van der Waals surface area contributed by atoms with Gasteiger partial charge in [0.25, 0.3) is 0 Å². The van der Waals surface area contributed by atoms with Crippen LogP contribution in [0.2, 0.25) is 5.15 Å². The lowest BCUT2D eigenvalue weighted by atomic mass is 10.1. The molecule has 0 spiro atoms. The Hall–Kier alpha value is -11.4. The fourth-order valence-electron chi connectivity index (χ4n) is 14.5. The van der Waals surface area contributed by atoms with E-state index in [2.05, 4.69) is 57.7 Å². The van der Waals surface area contributed by atoms with Crippen molar-refractivity contribution in [2.45, 2.75) is 126 Å². The van der Waals surface area contributed by atoms with Crippen LogP contribution in [-0.4, -0.2) is 220 Å². The molecular formula is C91H115ClF2N16O8. The molecule has 4 fully saturated rings. The molecule has 4 aromatic heterocycles. The number of amides is 8. The first-order chi connectivity index (χ1) is 56.7. The summed E-state index contributed by atoms with van der Waals surface area (Å²) in [6, 6.07) is 45.8. The van der Waals surface area contributed by atoms with Crippen molar-refractivity contribution in [3.05, 3.63) is 214 Å².